The molecule has 29 heavy (non-hydrogen) atoms. The van der Waals surface area contributed by atoms with Crippen molar-refractivity contribution >= 4 is 23.8 Å². The fourth-order valence-corrected chi connectivity index (χ4v) is 3.36. The van der Waals surface area contributed by atoms with Gasteiger partial charge in [0, 0.05) is 0 Å². The second kappa shape index (κ2) is 6.89. The molecule has 0 spiro atoms. The minimum Gasteiger partial charge on any atom is -0.454 e. The molecule has 0 radical (unpaired) electrons. The molecule has 0 aliphatic carbocycles. The maximum atomic E-state index is 13.0. The molecular formula is C19H16N4O6. The zero-order chi connectivity index (χ0) is 20.6. The van der Waals surface area contributed by atoms with Crippen molar-refractivity contribution < 1.29 is 24.0 Å². The maximum absolute atomic E-state index is 13.0. The molecule has 148 valence electrons. The highest BCUT2D eigenvalue weighted by Gasteiger charge is 2.51. The molecule has 1 N–H and O–H groups in total. The van der Waals surface area contributed by atoms with Crippen LogP contribution < -0.4 is 14.8 Å². The number of nitro groups is 1. The van der Waals surface area contributed by atoms with E-state index in [1.165, 1.54) is 12.1 Å². The first-order chi connectivity index (χ1) is 14.0. The van der Waals surface area contributed by atoms with Crippen LogP contribution in [0.2, 0.25) is 0 Å². The van der Waals surface area contributed by atoms with Crippen LogP contribution >= 0.6 is 0 Å². The number of nitrogens with zero attached hydrogens (tertiary/aromatic N) is 3. The summed E-state index contributed by atoms with van der Waals surface area (Å²) in [7, 11) is 0. The quantitative estimate of drug-likeness (QED) is 0.358. The lowest BCUT2D eigenvalue weighted by Gasteiger charge is -2.24. The van der Waals surface area contributed by atoms with Gasteiger partial charge in [0.05, 0.1) is 22.8 Å². The van der Waals surface area contributed by atoms with Crippen LogP contribution in [0.15, 0.2) is 47.6 Å². The molecule has 2 heterocycles. The lowest BCUT2D eigenvalue weighted by atomic mass is 9.87. The fraction of sp³-hybridized carbons (Fsp3) is 0.211. The summed E-state index contributed by atoms with van der Waals surface area (Å²) < 4.78 is 10.4. The molecule has 1 saturated heterocycles. The molecule has 0 bridgehead atoms. The topological polar surface area (TPSA) is 123 Å². The number of fused-ring (bicyclic) bond motifs is 1. The fourth-order valence-electron chi connectivity index (χ4n) is 3.36. The van der Waals surface area contributed by atoms with Crippen molar-refractivity contribution in [2.75, 3.05) is 6.79 Å². The average Bonchev–Trinajstić information content (AvgIpc) is 3.28. The molecule has 3 amide bonds. The number of ether oxygens (including phenoxy) is 2. The highest BCUT2D eigenvalue weighted by molar-refractivity contribution is 6.08. The van der Waals surface area contributed by atoms with Crippen LogP contribution in [0.4, 0.5) is 10.5 Å². The minimum atomic E-state index is -1.24. The smallest absolute Gasteiger partial charge is 0.346 e. The number of carbonyl (C=O) groups excluding carboxylic acids is 2. The van der Waals surface area contributed by atoms with Crippen LogP contribution in [0.25, 0.3) is 0 Å². The van der Waals surface area contributed by atoms with E-state index >= 15 is 0 Å². The van der Waals surface area contributed by atoms with E-state index in [4.69, 9.17) is 9.47 Å². The molecule has 2 aliphatic heterocycles. The average molecular weight is 396 g/mol. The first-order valence-corrected chi connectivity index (χ1v) is 8.80. The Kier molecular flexibility index (Phi) is 4.38. The van der Waals surface area contributed by atoms with Crippen molar-refractivity contribution in [2.45, 2.75) is 18.9 Å². The van der Waals surface area contributed by atoms with Gasteiger partial charge in [0.15, 0.2) is 11.5 Å². The van der Waals surface area contributed by atoms with Crippen LogP contribution in [-0.4, -0.2) is 34.9 Å². The Morgan fingerprint density at radius 2 is 1.93 bits per heavy atom. The Hall–Kier alpha value is -3.95. The number of benzene rings is 2. The van der Waals surface area contributed by atoms with Gasteiger partial charge in [0.1, 0.15) is 5.54 Å². The summed E-state index contributed by atoms with van der Waals surface area (Å²) in [5.41, 5.74) is -0.813. The number of rotatable bonds is 5. The highest BCUT2D eigenvalue weighted by Crippen LogP contribution is 2.37. The zero-order valence-corrected chi connectivity index (χ0v) is 15.3. The molecule has 0 aromatic heterocycles. The highest BCUT2D eigenvalue weighted by atomic mass is 16.7. The molecular weight excluding hydrogens is 380 g/mol. The lowest BCUT2D eigenvalue weighted by Crippen LogP contribution is -2.43. The molecule has 2 aromatic carbocycles. The van der Waals surface area contributed by atoms with Gasteiger partial charge < -0.3 is 14.8 Å². The third-order valence-corrected chi connectivity index (χ3v) is 4.90. The third-order valence-electron chi connectivity index (χ3n) is 4.90. The second-order valence-electron chi connectivity index (χ2n) is 6.44. The number of nitrogens with one attached hydrogen (secondary N) is 1. The number of urea groups is 1. The number of nitro benzene ring substituents is 1. The monoisotopic (exact) mass is 396 g/mol. The van der Waals surface area contributed by atoms with E-state index < -0.39 is 22.4 Å². The van der Waals surface area contributed by atoms with Crippen LogP contribution in [0, 0.1) is 10.1 Å². The predicted octanol–water partition coefficient (Wildman–Crippen LogP) is 2.51. The second-order valence-corrected chi connectivity index (χ2v) is 6.44. The largest absolute Gasteiger partial charge is 0.454 e. The van der Waals surface area contributed by atoms with Gasteiger partial charge in [0.25, 0.3) is 11.6 Å². The number of imide groups is 1. The van der Waals surface area contributed by atoms with Crippen LogP contribution in [0.1, 0.15) is 24.5 Å². The Morgan fingerprint density at radius 1 is 1.24 bits per heavy atom. The van der Waals surface area contributed by atoms with Gasteiger partial charge >= 0.3 is 6.03 Å². The van der Waals surface area contributed by atoms with Gasteiger partial charge in [-0.15, -0.1) is 5.01 Å². The molecule has 2 aromatic rings. The van der Waals surface area contributed by atoms with E-state index in [2.05, 4.69) is 10.4 Å². The normalized spacial score (nSPS) is 20.4. The van der Waals surface area contributed by atoms with Crippen molar-refractivity contribution in [2.24, 2.45) is 5.10 Å². The van der Waals surface area contributed by atoms with E-state index in [0.29, 0.717) is 22.7 Å². The Labute approximate surface area is 164 Å². The van der Waals surface area contributed by atoms with Gasteiger partial charge in [-0.2, -0.15) is 5.10 Å². The van der Waals surface area contributed by atoms with Crippen molar-refractivity contribution in [1.82, 2.24) is 10.3 Å². The lowest BCUT2D eigenvalue weighted by molar-refractivity contribution is -0.385. The van der Waals surface area contributed by atoms with Gasteiger partial charge in [0.2, 0.25) is 6.79 Å². The first-order valence-electron chi connectivity index (χ1n) is 8.80. The number of hydrogen-bond acceptors (Lipinski definition) is 7. The van der Waals surface area contributed by atoms with Crippen LogP contribution in [-0.2, 0) is 10.3 Å². The van der Waals surface area contributed by atoms with E-state index in [9.17, 15) is 19.7 Å². The number of carbonyl (C=O) groups is 2. The van der Waals surface area contributed by atoms with Gasteiger partial charge in [-0.1, -0.05) is 37.3 Å². The van der Waals surface area contributed by atoms with Crippen molar-refractivity contribution in [3.8, 4) is 11.5 Å². The van der Waals surface area contributed by atoms with Crippen LogP contribution in [0.3, 0.4) is 0 Å². The van der Waals surface area contributed by atoms with E-state index in [0.717, 1.165) is 6.21 Å². The minimum absolute atomic E-state index is 0.0454. The summed E-state index contributed by atoms with van der Waals surface area (Å²) in [6.07, 6.45) is 1.41. The van der Waals surface area contributed by atoms with E-state index in [1.54, 1.807) is 31.2 Å². The summed E-state index contributed by atoms with van der Waals surface area (Å²) in [5, 5.41) is 18.7. The molecule has 10 nitrogen and oxygen atoms in total. The van der Waals surface area contributed by atoms with E-state index in [-0.39, 0.29) is 23.8 Å². The summed E-state index contributed by atoms with van der Waals surface area (Å²) in [6, 6.07) is 10.7. The number of amides is 3. The van der Waals surface area contributed by atoms with Gasteiger partial charge in [-0.3, -0.25) is 14.9 Å². The van der Waals surface area contributed by atoms with Crippen LogP contribution in [0.5, 0.6) is 11.5 Å². The number of hydrazone groups is 1. The first kappa shape index (κ1) is 18.4. The van der Waals surface area contributed by atoms with E-state index in [1.807, 2.05) is 6.07 Å². The third kappa shape index (κ3) is 2.94. The Morgan fingerprint density at radius 3 is 2.59 bits per heavy atom. The number of hydrogen-bond donors (Lipinski definition) is 1. The molecule has 1 fully saturated rings. The molecule has 4 rings (SSSR count). The maximum Gasteiger partial charge on any atom is 0.346 e. The van der Waals surface area contributed by atoms with Crippen molar-refractivity contribution in [1.29, 1.82) is 0 Å². The molecule has 2 aliphatic rings. The Bertz CT molecular complexity index is 1040. The summed E-state index contributed by atoms with van der Waals surface area (Å²) in [4.78, 5) is 36.3. The van der Waals surface area contributed by atoms with Crippen molar-refractivity contribution in [3.63, 3.8) is 0 Å². The molecule has 0 saturated carbocycles. The van der Waals surface area contributed by atoms with Gasteiger partial charge in [-0.25, -0.2) is 4.79 Å². The summed E-state index contributed by atoms with van der Waals surface area (Å²) in [6.45, 7) is 1.73. The van der Waals surface area contributed by atoms with Gasteiger partial charge in [-0.05, 0) is 18.1 Å². The zero-order valence-electron chi connectivity index (χ0n) is 15.3. The Balaban J connectivity index is 1.69. The van der Waals surface area contributed by atoms with Crippen molar-refractivity contribution in [3.05, 3.63) is 63.7 Å². The summed E-state index contributed by atoms with van der Waals surface area (Å²) in [5.74, 6) is 0.00945. The standard InChI is InChI=1S/C19H16N4O6/c1-2-19(13-6-4-3-5-7-13)17(24)22(18(25)21-19)20-10-12-8-15-16(29-11-28-15)9-14(12)23(26)27/h3-10H,2,11H2,1H3,(H,21,25)/b20-10-/t19-/m1/s1. The molecule has 10 heteroatoms. The SMILES string of the molecule is CC[C@]1(c2ccccc2)NC(=O)N(/N=C\c2cc3c(cc2[N+](=O)[O-])OCO3)C1=O. The molecule has 1 atom stereocenters. The summed E-state index contributed by atoms with van der Waals surface area (Å²) >= 11 is 0. The predicted molar refractivity (Wildman–Crippen MR) is 101 cm³/mol. The molecule has 0 unspecified atom stereocenters.